The van der Waals surface area contributed by atoms with Crippen molar-refractivity contribution >= 4 is 17.9 Å². The number of hydrogen-bond donors (Lipinski definition) is 0. The molecule has 0 N–H and O–H groups in total. The molecule has 0 aliphatic rings. The first-order chi connectivity index (χ1) is 9.10. The second-order valence-corrected chi connectivity index (χ2v) is 12.7. The molecule has 2 nitrogen and oxygen atoms in total. The average Bonchev–Trinajstić information content (AvgIpc) is 2.38. The Labute approximate surface area is 125 Å². The highest BCUT2D eigenvalue weighted by Gasteiger charge is 2.21. The number of hydrogen-bond acceptors (Lipinski definition) is 2. The van der Waals surface area contributed by atoms with Gasteiger partial charge in [-0.05, 0) is 57.5 Å². The molecule has 0 aromatic heterocycles. The van der Waals surface area contributed by atoms with Gasteiger partial charge in [0.1, 0.15) is 17.9 Å². The molecule has 0 fully saturated rings. The van der Waals surface area contributed by atoms with Crippen LogP contribution in [0.5, 0.6) is 0 Å². The van der Waals surface area contributed by atoms with Crippen LogP contribution in [0.25, 0.3) is 0 Å². The molecule has 0 aromatic carbocycles. The van der Waals surface area contributed by atoms with E-state index in [4.69, 9.17) is 0 Å². The molecule has 0 saturated heterocycles. The highest BCUT2D eigenvalue weighted by molar-refractivity contribution is 6.73. The van der Waals surface area contributed by atoms with E-state index in [1.165, 1.54) is 51.9 Å². The van der Waals surface area contributed by atoms with Gasteiger partial charge in [-0.1, -0.05) is 40.8 Å². The largest absolute Gasteiger partial charge is 0.327 e. The molecular weight excluding hydrogens is 264 g/mol. The molecular formula is C15H38N2Si2. The summed E-state index contributed by atoms with van der Waals surface area (Å²) in [4.78, 5) is 0. The highest BCUT2D eigenvalue weighted by atomic mass is 28.3. The molecule has 0 radical (unpaired) electrons. The van der Waals surface area contributed by atoms with E-state index in [0.29, 0.717) is 0 Å². The molecule has 0 rings (SSSR count). The van der Waals surface area contributed by atoms with E-state index < -0.39 is 17.9 Å². The first-order valence-electron chi connectivity index (χ1n) is 8.58. The van der Waals surface area contributed by atoms with E-state index in [1.807, 2.05) is 0 Å². The molecule has 0 bridgehead atoms. The summed E-state index contributed by atoms with van der Waals surface area (Å²) in [5, 5.41) is 0. The summed E-state index contributed by atoms with van der Waals surface area (Å²) in [5.41, 5.74) is 1.58. The van der Waals surface area contributed by atoms with Crippen molar-refractivity contribution in [2.45, 2.75) is 72.1 Å². The van der Waals surface area contributed by atoms with Crippen LogP contribution in [0.3, 0.4) is 0 Å². The highest BCUT2D eigenvalue weighted by Crippen LogP contribution is 2.10. The summed E-state index contributed by atoms with van der Waals surface area (Å²) >= 11 is 0. The fraction of sp³-hybridized carbons (Fsp3) is 1.00. The lowest BCUT2D eigenvalue weighted by molar-refractivity contribution is 0.421. The third-order valence-corrected chi connectivity index (χ3v) is 13.0. The molecule has 0 aliphatic carbocycles. The first kappa shape index (κ1) is 19.4. The Bertz CT molecular complexity index is 171. The van der Waals surface area contributed by atoms with Gasteiger partial charge >= 0.3 is 0 Å². The van der Waals surface area contributed by atoms with Gasteiger partial charge < -0.3 is 9.13 Å². The monoisotopic (exact) mass is 302 g/mol. The summed E-state index contributed by atoms with van der Waals surface area (Å²) in [6.07, 6.45) is 5.28. The number of rotatable bonds is 12. The van der Waals surface area contributed by atoms with E-state index in [1.54, 1.807) is 5.67 Å². The van der Waals surface area contributed by atoms with Crippen LogP contribution in [0.15, 0.2) is 0 Å². The Balaban J connectivity index is 4.34. The Morgan fingerprint density at radius 1 is 0.579 bits per heavy atom. The Kier molecular flexibility index (Phi) is 12.3. The van der Waals surface area contributed by atoms with E-state index >= 15 is 0 Å². The van der Waals surface area contributed by atoms with Gasteiger partial charge in [-0.2, -0.15) is 0 Å². The van der Waals surface area contributed by atoms with E-state index in [-0.39, 0.29) is 0 Å². The van der Waals surface area contributed by atoms with Crippen LogP contribution in [-0.4, -0.2) is 53.2 Å². The van der Waals surface area contributed by atoms with Crippen molar-refractivity contribution in [2.75, 3.05) is 26.2 Å². The third-order valence-electron chi connectivity index (χ3n) is 3.97. The molecule has 116 valence electrons. The lowest BCUT2D eigenvalue weighted by Crippen LogP contribution is -2.46. The maximum Gasteiger partial charge on any atom is 0.107 e. The molecule has 2 unspecified atom stereocenters. The summed E-state index contributed by atoms with van der Waals surface area (Å²) in [6.45, 7) is 19.8. The summed E-state index contributed by atoms with van der Waals surface area (Å²) in [7, 11) is -1.33. The quantitative estimate of drug-likeness (QED) is 0.509. The van der Waals surface area contributed by atoms with Gasteiger partial charge in [-0.15, -0.1) is 0 Å². The van der Waals surface area contributed by atoms with Crippen LogP contribution in [0.4, 0.5) is 0 Å². The second-order valence-electron chi connectivity index (χ2n) is 6.01. The zero-order valence-electron chi connectivity index (χ0n) is 14.4. The molecule has 0 saturated carbocycles. The van der Waals surface area contributed by atoms with E-state index in [9.17, 15) is 0 Å². The fourth-order valence-electron chi connectivity index (χ4n) is 3.05. The minimum atomic E-state index is -0.663. The van der Waals surface area contributed by atoms with Crippen molar-refractivity contribution in [3.63, 3.8) is 0 Å². The lowest BCUT2D eigenvalue weighted by Gasteiger charge is -2.33. The molecule has 0 spiro atoms. The second kappa shape index (κ2) is 12.1. The topological polar surface area (TPSA) is 6.48 Å². The lowest BCUT2D eigenvalue weighted by atomic mass is 10.4. The van der Waals surface area contributed by atoms with Crippen molar-refractivity contribution in [3.8, 4) is 0 Å². The van der Waals surface area contributed by atoms with Crippen molar-refractivity contribution < 1.29 is 0 Å². The molecule has 0 amide bonds. The van der Waals surface area contributed by atoms with Crippen LogP contribution in [0.2, 0.25) is 18.8 Å². The average molecular weight is 303 g/mol. The van der Waals surface area contributed by atoms with E-state index in [0.717, 1.165) is 0 Å². The third kappa shape index (κ3) is 8.28. The Hall–Kier alpha value is 0.354. The van der Waals surface area contributed by atoms with Crippen LogP contribution in [-0.2, 0) is 0 Å². The summed E-state index contributed by atoms with van der Waals surface area (Å²) in [6, 6.07) is 0. The van der Waals surface area contributed by atoms with Gasteiger partial charge in [-0.25, -0.2) is 0 Å². The molecule has 19 heavy (non-hydrogen) atoms. The van der Waals surface area contributed by atoms with Gasteiger partial charge in [0.25, 0.3) is 0 Å². The van der Waals surface area contributed by atoms with Gasteiger partial charge in [-0.3, -0.25) is 0 Å². The Morgan fingerprint density at radius 2 is 0.842 bits per heavy atom. The van der Waals surface area contributed by atoms with Gasteiger partial charge in [0.2, 0.25) is 0 Å². The maximum atomic E-state index is 2.85. The Morgan fingerprint density at radius 3 is 1.05 bits per heavy atom. The van der Waals surface area contributed by atoms with Crippen LogP contribution >= 0.6 is 0 Å². The van der Waals surface area contributed by atoms with Crippen molar-refractivity contribution in [1.82, 2.24) is 9.13 Å². The van der Waals surface area contributed by atoms with Crippen LogP contribution < -0.4 is 0 Å². The molecule has 0 aliphatic heterocycles. The summed E-state index contributed by atoms with van der Waals surface area (Å²) in [5.74, 6) is 0. The molecule has 2 atom stereocenters. The zero-order chi connectivity index (χ0) is 14.7. The smallest absolute Gasteiger partial charge is 0.107 e. The van der Waals surface area contributed by atoms with E-state index in [2.05, 4.69) is 49.9 Å². The van der Waals surface area contributed by atoms with Crippen molar-refractivity contribution in [3.05, 3.63) is 0 Å². The SMILES string of the molecule is CCCN(CCC)[SiH](C)C[SiH](C)N(CCC)CCC. The minimum Gasteiger partial charge on any atom is -0.327 e. The predicted octanol–water partition coefficient (Wildman–Crippen LogP) is 3.48. The molecule has 0 heterocycles. The maximum absolute atomic E-state index is 2.85. The van der Waals surface area contributed by atoms with Gasteiger partial charge in [0.05, 0.1) is 0 Å². The first-order valence-corrected chi connectivity index (χ1v) is 13.6. The predicted molar refractivity (Wildman–Crippen MR) is 95.1 cm³/mol. The van der Waals surface area contributed by atoms with Gasteiger partial charge in [0, 0.05) is 0 Å². The standard InChI is InChI=1S/C15H38N2Si2/c1-7-11-16(12-8-2)18(5)15-19(6)17(13-9-3)14-10-4/h18-19H,7-15H2,1-6H3. The van der Waals surface area contributed by atoms with Crippen molar-refractivity contribution in [2.24, 2.45) is 0 Å². The van der Waals surface area contributed by atoms with Crippen LogP contribution in [0.1, 0.15) is 53.4 Å². The molecule has 4 heteroatoms. The van der Waals surface area contributed by atoms with Crippen LogP contribution in [0, 0.1) is 0 Å². The fourth-order valence-corrected chi connectivity index (χ4v) is 12.2. The van der Waals surface area contributed by atoms with Crippen molar-refractivity contribution in [1.29, 1.82) is 0 Å². The minimum absolute atomic E-state index is 0.663. The zero-order valence-corrected chi connectivity index (χ0v) is 16.7. The number of nitrogens with zero attached hydrogens (tertiary/aromatic N) is 2. The summed E-state index contributed by atoms with van der Waals surface area (Å²) < 4.78 is 5.69. The molecule has 0 aromatic rings. The normalized spacial score (nSPS) is 15.2. The van der Waals surface area contributed by atoms with Gasteiger partial charge in [0.15, 0.2) is 0 Å².